The fraction of sp³-hybridized carbons (Fsp3) is 0.364. The second-order valence-electron chi connectivity index (χ2n) is 3.83. The summed E-state index contributed by atoms with van der Waals surface area (Å²) in [4.78, 5) is 1.17. The second kappa shape index (κ2) is 5.29. The Morgan fingerprint density at radius 3 is 2.82 bits per heavy atom. The van der Waals surface area contributed by atoms with Gasteiger partial charge in [0.05, 0.1) is 0 Å². The number of rotatable bonds is 4. The molecule has 0 aliphatic carbocycles. The van der Waals surface area contributed by atoms with Gasteiger partial charge in [0.2, 0.25) is 5.16 Å². The average Bonchev–Trinajstić information content (AvgIpc) is 2.69. The smallest absolute Gasteiger partial charge is 0.213 e. The second-order valence-corrected chi connectivity index (χ2v) is 4.83. The van der Waals surface area contributed by atoms with Gasteiger partial charge in [-0.2, -0.15) is 0 Å². The third-order valence-electron chi connectivity index (χ3n) is 2.45. The van der Waals surface area contributed by atoms with Crippen LogP contribution in [-0.2, 0) is 13.5 Å². The maximum Gasteiger partial charge on any atom is 0.213 e. The van der Waals surface area contributed by atoms with Gasteiger partial charge in [-0.3, -0.25) is 0 Å². The van der Waals surface area contributed by atoms with Crippen LogP contribution >= 0.6 is 11.8 Å². The van der Waals surface area contributed by atoms with Crippen LogP contribution in [-0.4, -0.2) is 26.8 Å². The summed E-state index contributed by atoms with van der Waals surface area (Å²) in [7, 11) is 1.83. The number of hydrogen-bond acceptors (Lipinski definition) is 5. The van der Waals surface area contributed by atoms with Gasteiger partial charge in [0.25, 0.3) is 0 Å². The lowest BCUT2D eigenvalue weighted by Gasteiger charge is -2.06. The van der Waals surface area contributed by atoms with Gasteiger partial charge in [-0.25, -0.2) is 4.68 Å². The van der Waals surface area contributed by atoms with Crippen LogP contribution < -0.4 is 5.73 Å². The standard InChI is InChI=1S/C11H15N5S/c1-8-7-9(5-6-12)3-4-10(8)17-11-13-14-15-16(11)2/h3-4,7H,5-6,12H2,1-2H3. The van der Waals surface area contributed by atoms with E-state index in [1.165, 1.54) is 16.0 Å². The summed E-state index contributed by atoms with van der Waals surface area (Å²) >= 11 is 1.57. The van der Waals surface area contributed by atoms with Crippen molar-refractivity contribution in [2.45, 2.75) is 23.4 Å². The number of benzene rings is 1. The van der Waals surface area contributed by atoms with Crippen molar-refractivity contribution >= 4 is 11.8 Å². The molecule has 2 N–H and O–H groups in total. The number of nitrogens with two attached hydrogens (primary N) is 1. The van der Waals surface area contributed by atoms with Gasteiger partial charge in [0, 0.05) is 11.9 Å². The van der Waals surface area contributed by atoms with Crippen LogP contribution in [0.1, 0.15) is 11.1 Å². The number of hydrogen-bond donors (Lipinski definition) is 1. The molecule has 2 rings (SSSR count). The zero-order valence-corrected chi connectivity index (χ0v) is 10.7. The van der Waals surface area contributed by atoms with E-state index in [2.05, 4.69) is 40.6 Å². The molecule has 90 valence electrons. The molecular weight excluding hydrogens is 234 g/mol. The van der Waals surface area contributed by atoms with Gasteiger partial charge < -0.3 is 5.73 Å². The van der Waals surface area contributed by atoms with E-state index in [0.29, 0.717) is 6.54 Å². The molecule has 1 heterocycles. The lowest BCUT2D eigenvalue weighted by atomic mass is 10.1. The van der Waals surface area contributed by atoms with Crippen LogP contribution in [0.15, 0.2) is 28.3 Å². The van der Waals surface area contributed by atoms with E-state index in [1.807, 2.05) is 7.05 Å². The van der Waals surface area contributed by atoms with E-state index in [9.17, 15) is 0 Å². The summed E-state index contributed by atoms with van der Waals surface area (Å²) in [5.74, 6) is 0. The molecule has 0 unspecified atom stereocenters. The Bertz CT molecular complexity index is 508. The Morgan fingerprint density at radius 2 is 2.24 bits per heavy atom. The first kappa shape index (κ1) is 12.1. The Hall–Kier alpha value is -1.40. The summed E-state index contributed by atoms with van der Waals surface area (Å²) in [6.07, 6.45) is 0.914. The van der Waals surface area contributed by atoms with Gasteiger partial charge in [-0.05, 0) is 59.3 Å². The molecule has 6 heteroatoms. The SMILES string of the molecule is Cc1cc(CCN)ccc1Sc1nnnn1C. The van der Waals surface area contributed by atoms with Crippen molar-refractivity contribution in [3.8, 4) is 0 Å². The molecule has 0 saturated heterocycles. The van der Waals surface area contributed by atoms with Crippen molar-refractivity contribution in [1.29, 1.82) is 0 Å². The van der Waals surface area contributed by atoms with Crippen molar-refractivity contribution < 1.29 is 0 Å². The van der Waals surface area contributed by atoms with E-state index in [-0.39, 0.29) is 0 Å². The highest BCUT2D eigenvalue weighted by molar-refractivity contribution is 7.99. The number of tetrazole rings is 1. The minimum Gasteiger partial charge on any atom is -0.330 e. The lowest BCUT2D eigenvalue weighted by Crippen LogP contribution is -2.02. The molecule has 0 radical (unpaired) electrons. The average molecular weight is 249 g/mol. The van der Waals surface area contributed by atoms with Gasteiger partial charge in [0.15, 0.2) is 0 Å². The van der Waals surface area contributed by atoms with Crippen molar-refractivity contribution in [2.24, 2.45) is 12.8 Å². The van der Waals surface area contributed by atoms with Crippen LogP contribution in [0.25, 0.3) is 0 Å². The highest BCUT2D eigenvalue weighted by Crippen LogP contribution is 2.28. The fourth-order valence-corrected chi connectivity index (χ4v) is 2.35. The fourth-order valence-electron chi connectivity index (χ4n) is 1.55. The van der Waals surface area contributed by atoms with E-state index in [0.717, 1.165) is 11.6 Å². The largest absolute Gasteiger partial charge is 0.330 e. The van der Waals surface area contributed by atoms with Gasteiger partial charge in [0.1, 0.15) is 0 Å². The molecule has 17 heavy (non-hydrogen) atoms. The van der Waals surface area contributed by atoms with E-state index >= 15 is 0 Å². The first-order valence-electron chi connectivity index (χ1n) is 5.40. The molecule has 1 aromatic heterocycles. The molecule has 2 aromatic rings. The van der Waals surface area contributed by atoms with Crippen LogP contribution in [0.5, 0.6) is 0 Å². The predicted octanol–water partition coefficient (Wildman–Crippen LogP) is 1.17. The highest BCUT2D eigenvalue weighted by Gasteiger charge is 2.07. The normalized spacial score (nSPS) is 10.8. The molecule has 0 fully saturated rings. The maximum absolute atomic E-state index is 5.54. The number of aromatic nitrogens is 4. The molecular formula is C11H15N5S. The lowest BCUT2D eigenvalue weighted by molar-refractivity contribution is 0.664. The first-order valence-corrected chi connectivity index (χ1v) is 6.22. The molecule has 0 aliphatic rings. The third kappa shape index (κ3) is 2.83. The van der Waals surface area contributed by atoms with E-state index in [1.54, 1.807) is 16.4 Å². The van der Waals surface area contributed by atoms with Crippen LogP contribution in [0, 0.1) is 6.92 Å². The third-order valence-corrected chi connectivity index (χ3v) is 3.66. The minimum absolute atomic E-state index is 0.680. The molecule has 1 aromatic carbocycles. The van der Waals surface area contributed by atoms with Gasteiger partial charge in [-0.15, -0.1) is 5.10 Å². The maximum atomic E-state index is 5.54. The summed E-state index contributed by atoms with van der Waals surface area (Å²) in [5, 5.41) is 12.2. The van der Waals surface area contributed by atoms with Crippen molar-refractivity contribution in [2.75, 3.05) is 6.54 Å². The van der Waals surface area contributed by atoms with Crippen molar-refractivity contribution in [3.63, 3.8) is 0 Å². The van der Waals surface area contributed by atoms with E-state index < -0.39 is 0 Å². The Balaban J connectivity index is 2.19. The molecule has 0 aliphatic heterocycles. The molecule has 0 bridgehead atoms. The quantitative estimate of drug-likeness (QED) is 0.881. The number of nitrogens with zero attached hydrogens (tertiary/aromatic N) is 4. The summed E-state index contributed by atoms with van der Waals surface area (Å²) in [6, 6.07) is 6.37. The Morgan fingerprint density at radius 1 is 1.41 bits per heavy atom. The summed E-state index contributed by atoms with van der Waals surface area (Å²) < 4.78 is 1.66. The summed E-state index contributed by atoms with van der Waals surface area (Å²) in [5.41, 5.74) is 8.04. The molecule has 0 atom stereocenters. The molecule has 0 spiro atoms. The zero-order chi connectivity index (χ0) is 12.3. The summed E-state index contributed by atoms with van der Waals surface area (Å²) in [6.45, 7) is 2.77. The van der Waals surface area contributed by atoms with Crippen LogP contribution in [0.4, 0.5) is 0 Å². The Kier molecular flexibility index (Phi) is 3.75. The monoisotopic (exact) mass is 249 g/mol. The van der Waals surface area contributed by atoms with Crippen LogP contribution in [0.2, 0.25) is 0 Å². The number of aryl methyl sites for hydroxylation is 2. The highest BCUT2D eigenvalue weighted by atomic mass is 32.2. The topological polar surface area (TPSA) is 69.6 Å². The van der Waals surface area contributed by atoms with Gasteiger partial charge >= 0.3 is 0 Å². The van der Waals surface area contributed by atoms with Gasteiger partial charge in [-0.1, -0.05) is 12.1 Å². The predicted molar refractivity (Wildman–Crippen MR) is 66.9 cm³/mol. The first-order chi connectivity index (χ1) is 8.20. The molecule has 5 nitrogen and oxygen atoms in total. The minimum atomic E-state index is 0.680. The van der Waals surface area contributed by atoms with Crippen LogP contribution in [0.3, 0.4) is 0 Å². The Labute approximate surface area is 104 Å². The molecule has 0 saturated carbocycles. The van der Waals surface area contributed by atoms with Crippen molar-refractivity contribution in [1.82, 2.24) is 20.2 Å². The molecule has 0 amide bonds. The van der Waals surface area contributed by atoms with Crippen molar-refractivity contribution in [3.05, 3.63) is 29.3 Å². The zero-order valence-electron chi connectivity index (χ0n) is 9.92. The van der Waals surface area contributed by atoms with E-state index in [4.69, 9.17) is 5.73 Å².